The average molecular weight is 200 g/mol. The lowest BCUT2D eigenvalue weighted by molar-refractivity contribution is 1.20. The van der Waals surface area contributed by atoms with Gasteiger partial charge in [0.05, 0.1) is 11.9 Å². The maximum absolute atomic E-state index is 5.91. The number of nitrogens with two attached hydrogens (primary N) is 2. The molecule has 0 saturated heterocycles. The summed E-state index contributed by atoms with van der Waals surface area (Å²) in [5, 5.41) is 0. The quantitative estimate of drug-likeness (QED) is 0.733. The van der Waals surface area contributed by atoms with E-state index in [0.717, 1.165) is 16.8 Å². The summed E-state index contributed by atoms with van der Waals surface area (Å²) in [6.45, 7) is 1.91. The highest BCUT2D eigenvalue weighted by Crippen LogP contribution is 2.31. The molecule has 0 spiro atoms. The van der Waals surface area contributed by atoms with E-state index >= 15 is 0 Å². The van der Waals surface area contributed by atoms with Crippen molar-refractivity contribution in [2.24, 2.45) is 0 Å². The lowest BCUT2D eigenvalue weighted by atomic mass is 10.0. The molecule has 2 aromatic heterocycles. The summed E-state index contributed by atoms with van der Waals surface area (Å²) in [6, 6.07) is 3.61. The average Bonchev–Trinajstić information content (AvgIpc) is 2.20. The van der Waals surface area contributed by atoms with Crippen LogP contribution in [-0.2, 0) is 0 Å². The predicted octanol–water partition coefficient (Wildman–Crippen LogP) is 1.62. The van der Waals surface area contributed by atoms with Crippen LogP contribution in [0.5, 0.6) is 0 Å². The standard InChI is InChI=1S/C11H12N4/c1-7-11(9(12)3-5-15-7)8-2-4-14-6-10(8)13/h2-6H,13H2,1H3,(H2,12,15). The Bertz CT molecular complexity index is 473. The molecule has 0 aliphatic rings. The van der Waals surface area contributed by atoms with Crippen LogP contribution in [0.4, 0.5) is 11.4 Å². The van der Waals surface area contributed by atoms with Gasteiger partial charge in [0.15, 0.2) is 0 Å². The highest BCUT2D eigenvalue weighted by atomic mass is 14.7. The molecule has 0 aliphatic carbocycles. The van der Waals surface area contributed by atoms with E-state index in [2.05, 4.69) is 9.97 Å². The van der Waals surface area contributed by atoms with Gasteiger partial charge in [-0.25, -0.2) is 0 Å². The first-order chi connectivity index (χ1) is 7.20. The molecular weight excluding hydrogens is 188 g/mol. The van der Waals surface area contributed by atoms with Crippen LogP contribution in [-0.4, -0.2) is 9.97 Å². The maximum atomic E-state index is 5.91. The fourth-order valence-electron chi connectivity index (χ4n) is 1.57. The zero-order valence-electron chi connectivity index (χ0n) is 8.44. The summed E-state index contributed by atoms with van der Waals surface area (Å²) in [4.78, 5) is 8.15. The van der Waals surface area contributed by atoms with Gasteiger partial charge in [-0.3, -0.25) is 9.97 Å². The van der Waals surface area contributed by atoms with Crippen LogP contribution in [0.15, 0.2) is 30.7 Å². The van der Waals surface area contributed by atoms with Crippen molar-refractivity contribution in [3.63, 3.8) is 0 Å². The molecule has 0 radical (unpaired) electrons. The Morgan fingerprint density at radius 1 is 1.07 bits per heavy atom. The first-order valence-electron chi connectivity index (χ1n) is 4.61. The molecule has 15 heavy (non-hydrogen) atoms. The molecule has 2 heterocycles. The lowest BCUT2D eigenvalue weighted by Crippen LogP contribution is -1.98. The zero-order chi connectivity index (χ0) is 10.8. The SMILES string of the molecule is Cc1nccc(N)c1-c1ccncc1N. The molecule has 4 N–H and O–H groups in total. The van der Waals surface area contributed by atoms with Crippen molar-refractivity contribution in [3.8, 4) is 11.1 Å². The van der Waals surface area contributed by atoms with Crippen molar-refractivity contribution < 1.29 is 0 Å². The van der Waals surface area contributed by atoms with Gasteiger partial charge in [-0.1, -0.05) is 0 Å². The smallest absolute Gasteiger partial charge is 0.0581 e. The zero-order valence-corrected chi connectivity index (χ0v) is 8.44. The number of pyridine rings is 2. The Labute approximate surface area is 88.0 Å². The molecule has 0 amide bonds. The van der Waals surface area contributed by atoms with Gasteiger partial charge in [-0.2, -0.15) is 0 Å². The minimum absolute atomic E-state index is 0.611. The molecule has 4 nitrogen and oxygen atoms in total. The summed E-state index contributed by atoms with van der Waals surface area (Å²) in [6.07, 6.45) is 4.99. The first-order valence-corrected chi connectivity index (χ1v) is 4.61. The molecule has 0 bridgehead atoms. The van der Waals surface area contributed by atoms with Gasteiger partial charge in [-0.15, -0.1) is 0 Å². The third kappa shape index (κ3) is 1.61. The number of hydrogen-bond acceptors (Lipinski definition) is 4. The second-order valence-electron chi connectivity index (χ2n) is 3.32. The van der Waals surface area contributed by atoms with E-state index in [4.69, 9.17) is 11.5 Å². The maximum Gasteiger partial charge on any atom is 0.0581 e. The van der Waals surface area contributed by atoms with Gasteiger partial charge in [0.1, 0.15) is 0 Å². The van der Waals surface area contributed by atoms with E-state index in [0.29, 0.717) is 11.4 Å². The molecule has 76 valence electrons. The molecule has 2 aromatic rings. The molecule has 0 saturated carbocycles. The van der Waals surface area contributed by atoms with Crippen LogP contribution in [0.1, 0.15) is 5.69 Å². The van der Waals surface area contributed by atoms with E-state index < -0.39 is 0 Å². The van der Waals surface area contributed by atoms with Crippen LogP contribution in [0, 0.1) is 6.92 Å². The molecule has 0 atom stereocenters. The topological polar surface area (TPSA) is 77.8 Å². The van der Waals surface area contributed by atoms with Gasteiger partial charge in [0.25, 0.3) is 0 Å². The van der Waals surface area contributed by atoms with Crippen LogP contribution in [0.3, 0.4) is 0 Å². The highest BCUT2D eigenvalue weighted by molar-refractivity contribution is 5.84. The second kappa shape index (κ2) is 3.57. The second-order valence-corrected chi connectivity index (χ2v) is 3.32. The van der Waals surface area contributed by atoms with Gasteiger partial charge >= 0.3 is 0 Å². The Morgan fingerprint density at radius 3 is 2.53 bits per heavy atom. The number of nitrogens with zero attached hydrogens (tertiary/aromatic N) is 2. The molecule has 0 aliphatic heterocycles. The summed E-state index contributed by atoms with van der Waals surface area (Å²) < 4.78 is 0. The number of anilines is 2. The summed E-state index contributed by atoms with van der Waals surface area (Å²) in [7, 11) is 0. The van der Waals surface area contributed by atoms with E-state index in [9.17, 15) is 0 Å². The van der Waals surface area contributed by atoms with Gasteiger partial charge in [0, 0.05) is 34.9 Å². The Balaban J connectivity index is 2.69. The normalized spacial score (nSPS) is 10.2. The Morgan fingerprint density at radius 2 is 1.87 bits per heavy atom. The van der Waals surface area contributed by atoms with Crippen molar-refractivity contribution in [2.75, 3.05) is 11.5 Å². The van der Waals surface area contributed by atoms with Crippen molar-refractivity contribution in [2.45, 2.75) is 6.92 Å². The first kappa shape index (κ1) is 9.45. The van der Waals surface area contributed by atoms with E-state index in [-0.39, 0.29) is 0 Å². The van der Waals surface area contributed by atoms with Gasteiger partial charge in [-0.05, 0) is 19.1 Å². The highest BCUT2D eigenvalue weighted by Gasteiger charge is 2.09. The van der Waals surface area contributed by atoms with Gasteiger partial charge in [0.2, 0.25) is 0 Å². The fraction of sp³-hybridized carbons (Fsp3) is 0.0909. The minimum Gasteiger partial charge on any atom is -0.398 e. The predicted molar refractivity (Wildman–Crippen MR) is 61.0 cm³/mol. The van der Waals surface area contributed by atoms with Crippen LogP contribution < -0.4 is 11.5 Å². The van der Waals surface area contributed by atoms with E-state index in [1.165, 1.54) is 0 Å². The summed E-state index contributed by atoms with van der Waals surface area (Å²) in [5.41, 5.74) is 15.7. The van der Waals surface area contributed by atoms with Gasteiger partial charge < -0.3 is 11.5 Å². The Kier molecular flexibility index (Phi) is 2.25. The van der Waals surface area contributed by atoms with Crippen molar-refractivity contribution >= 4 is 11.4 Å². The van der Waals surface area contributed by atoms with E-state index in [1.54, 1.807) is 24.7 Å². The van der Waals surface area contributed by atoms with Crippen molar-refractivity contribution in [1.29, 1.82) is 0 Å². The third-order valence-corrected chi connectivity index (χ3v) is 2.29. The van der Waals surface area contributed by atoms with Crippen LogP contribution in [0.25, 0.3) is 11.1 Å². The molecule has 0 fully saturated rings. The summed E-state index contributed by atoms with van der Waals surface area (Å²) >= 11 is 0. The number of aromatic nitrogens is 2. The molecule has 0 aromatic carbocycles. The largest absolute Gasteiger partial charge is 0.398 e. The minimum atomic E-state index is 0.611. The van der Waals surface area contributed by atoms with Crippen molar-refractivity contribution in [3.05, 3.63) is 36.4 Å². The number of nitrogen functional groups attached to an aromatic ring is 2. The molecule has 0 unspecified atom stereocenters. The Hall–Kier alpha value is -2.10. The van der Waals surface area contributed by atoms with Crippen LogP contribution >= 0.6 is 0 Å². The lowest BCUT2D eigenvalue weighted by Gasteiger charge is -2.10. The third-order valence-electron chi connectivity index (χ3n) is 2.29. The molecular formula is C11H12N4. The number of rotatable bonds is 1. The number of hydrogen-bond donors (Lipinski definition) is 2. The fourth-order valence-corrected chi connectivity index (χ4v) is 1.57. The molecule has 2 rings (SSSR count). The molecule has 4 heteroatoms. The van der Waals surface area contributed by atoms with Crippen molar-refractivity contribution in [1.82, 2.24) is 9.97 Å². The van der Waals surface area contributed by atoms with Crippen LogP contribution in [0.2, 0.25) is 0 Å². The van der Waals surface area contributed by atoms with E-state index in [1.807, 2.05) is 13.0 Å². The monoisotopic (exact) mass is 200 g/mol. The number of aryl methyl sites for hydroxylation is 1. The summed E-state index contributed by atoms with van der Waals surface area (Å²) in [5.74, 6) is 0.